The van der Waals surface area contributed by atoms with E-state index in [1.807, 2.05) is 48.5 Å². The van der Waals surface area contributed by atoms with E-state index in [1.165, 1.54) is 0 Å². The number of methoxy groups -OCH3 is 1. The molecule has 7 nitrogen and oxygen atoms in total. The molecular formula is C26H29N3O4. The summed E-state index contributed by atoms with van der Waals surface area (Å²) in [6, 6.07) is 22.2. The fraction of sp³-hybridized carbons (Fsp3) is 0.231. The summed E-state index contributed by atoms with van der Waals surface area (Å²) in [7, 11) is 1.58. The minimum Gasteiger partial charge on any atom is -0.495 e. The van der Waals surface area contributed by atoms with Gasteiger partial charge in [-0.3, -0.25) is 10.0 Å². The molecule has 3 rings (SSSR count). The lowest BCUT2D eigenvalue weighted by Gasteiger charge is -2.24. The van der Waals surface area contributed by atoms with Crippen molar-refractivity contribution in [2.75, 3.05) is 19.0 Å². The smallest absolute Gasteiger partial charge is 0.322 e. The van der Waals surface area contributed by atoms with Crippen LogP contribution in [0.1, 0.15) is 35.7 Å². The third-order valence-electron chi connectivity index (χ3n) is 5.31. The average Bonchev–Trinajstić information content (AvgIpc) is 2.87. The summed E-state index contributed by atoms with van der Waals surface area (Å²) >= 11 is 0. The van der Waals surface area contributed by atoms with Crippen molar-refractivity contribution in [1.82, 2.24) is 10.4 Å². The third kappa shape index (κ3) is 6.33. The molecule has 0 heterocycles. The highest BCUT2D eigenvalue weighted by atomic mass is 16.5. The van der Waals surface area contributed by atoms with Gasteiger partial charge in [0.2, 0.25) is 0 Å². The van der Waals surface area contributed by atoms with Crippen LogP contribution in [-0.2, 0) is 6.54 Å². The van der Waals surface area contributed by atoms with Crippen molar-refractivity contribution in [3.63, 3.8) is 0 Å². The van der Waals surface area contributed by atoms with Gasteiger partial charge in [-0.25, -0.2) is 10.3 Å². The van der Waals surface area contributed by atoms with Gasteiger partial charge in [0, 0.05) is 18.7 Å². The Kier molecular flexibility index (Phi) is 8.43. The lowest BCUT2D eigenvalue weighted by atomic mass is 10.0. The quantitative estimate of drug-likeness (QED) is 0.306. The number of anilines is 1. The highest BCUT2D eigenvalue weighted by Gasteiger charge is 2.17. The molecular weight excluding hydrogens is 418 g/mol. The molecule has 0 saturated heterocycles. The van der Waals surface area contributed by atoms with Gasteiger partial charge in [-0.2, -0.15) is 0 Å². The molecule has 7 heteroatoms. The zero-order chi connectivity index (χ0) is 23.6. The first-order chi connectivity index (χ1) is 16.0. The Morgan fingerprint density at radius 1 is 0.970 bits per heavy atom. The van der Waals surface area contributed by atoms with Gasteiger partial charge in [-0.1, -0.05) is 61.9 Å². The van der Waals surface area contributed by atoms with E-state index >= 15 is 0 Å². The highest BCUT2D eigenvalue weighted by molar-refractivity contribution is 5.93. The van der Waals surface area contributed by atoms with E-state index < -0.39 is 5.91 Å². The van der Waals surface area contributed by atoms with E-state index in [2.05, 4.69) is 12.2 Å². The number of carbonyl (C=O) groups is 2. The normalized spacial score (nSPS) is 10.4. The van der Waals surface area contributed by atoms with E-state index in [1.54, 1.807) is 41.8 Å². The number of carbonyl (C=O) groups excluding carboxylic acids is 2. The molecule has 0 aliphatic carbocycles. The van der Waals surface area contributed by atoms with Gasteiger partial charge < -0.3 is 15.0 Å². The van der Waals surface area contributed by atoms with Crippen LogP contribution in [0.5, 0.6) is 5.75 Å². The molecule has 0 bridgehead atoms. The van der Waals surface area contributed by atoms with E-state index in [4.69, 9.17) is 9.94 Å². The van der Waals surface area contributed by atoms with Crippen LogP contribution in [0.3, 0.4) is 0 Å². The predicted octanol–water partition coefficient (Wildman–Crippen LogP) is 5.32. The second-order valence-corrected chi connectivity index (χ2v) is 7.62. The van der Waals surface area contributed by atoms with Gasteiger partial charge in [0.1, 0.15) is 5.75 Å². The first-order valence-corrected chi connectivity index (χ1v) is 10.9. The van der Waals surface area contributed by atoms with Crippen LogP contribution in [0.15, 0.2) is 72.8 Å². The van der Waals surface area contributed by atoms with E-state index in [-0.39, 0.29) is 6.03 Å². The second-order valence-electron chi connectivity index (χ2n) is 7.62. The standard InChI is InChI=1S/C26H29N3O4/c1-3-4-16-29(18-19-10-12-21(13-11-19)25(30)28-32)26(31)27-23-15-14-22(17-24(23)33-2)20-8-6-5-7-9-20/h5-15,17,32H,3-4,16,18H2,1-2H3,(H,27,31)(H,28,30). The van der Waals surface area contributed by atoms with Crippen LogP contribution >= 0.6 is 0 Å². The first kappa shape index (κ1) is 23.8. The van der Waals surface area contributed by atoms with Crippen molar-refractivity contribution in [2.45, 2.75) is 26.3 Å². The minimum atomic E-state index is -0.576. The topological polar surface area (TPSA) is 90.9 Å². The van der Waals surface area contributed by atoms with Gasteiger partial charge in [-0.15, -0.1) is 0 Å². The Morgan fingerprint density at radius 2 is 1.70 bits per heavy atom. The molecule has 0 fully saturated rings. The number of nitrogens with zero attached hydrogens (tertiary/aromatic N) is 1. The van der Waals surface area contributed by atoms with Crippen LogP contribution in [-0.4, -0.2) is 35.7 Å². The number of hydroxylamine groups is 1. The maximum absolute atomic E-state index is 13.1. The number of amides is 3. The highest BCUT2D eigenvalue weighted by Crippen LogP contribution is 2.31. The van der Waals surface area contributed by atoms with E-state index in [0.717, 1.165) is 29.5 Å². The summed E-state index contributed by atoms with van der Waals surface area (Å²) in [6.07, 6.45) is 1.82. The molecule has 0 aliphatic rings. The van der Waals surface area contributed by atoms with Crippen LogP contribution in [0.2, 0.25) is 0 Å². The summed E-state index contributed by atoms with van der Waals surface area (Å²) in [6.45, 7) is 3.05. The van der Waals surface area contributed by atoms with Crippen molar-refractivity contribution < 1.29 is 19.5 Å². The van der Waals surface area contributed by atoms with Gasteiger partial charge in [0.15, 0.2) is 0 Å². The molecule has 0 aromatic heterocycles. The van der Waals surface area contributed by atoms with Crippen molar-refractivity contribution in [1.29, 1.82) is 0 Å². The van der Waals surface area contributed by atoms with Gasteiger partial charge in [-0.05, 0) is 47.4 Å². The number of benzene rings is 3. The van der Waals surface area contributed by atoms with Crippen molar-refractivity contribution in [3.8, 4) is 16.9 Å². The molecule has 3 amide bonds. The first-order valence-electron chi connectivity index (χ1n) is 10.9. The zero-order valence-electron chi connectivity index (χ0n) is 18.9. The lowest BCUT2D eigenvalue weighted by Crippen LogP contribution is -2.35. The molecule has 0 aliphatic heterocycles. The Labute approximate surface area is 194 Å². The lowest BCUT2D eigenvalue weighted by molar-refractivity contribution is 0.0706. The molecule has 0 saturated carbocycles. The molecule has 0 spiro atoms. The summed E-state index contributed by atoms with van der Waals surface area (Å²) in [5.41, 5.74) is 5.50. The summed E-state index contributed by atoms with van der Waals surface area (Å²) in [5, 5.41) is 11.7. The molecule has 172 valence electrons. The molecule has 0 unspecified atom stereocenters. The maximum Gasteiger partial charge on any atom is 0.322 e. The average molecular weight is 448 g/mol. The van der Waals surface area contributed by atoms with Gasteiger partial charge in [0.25, 0.3) is 5.91 Å². The number of rotatable bonds is 9. The Balaban J connectivity index is 1.76. The Hall–Kier alpha value is -3.84. The monoisotopic (exact) mass is 447 g/mol. The summed E-state index contributed by atoms with van der Waals surface area (Å²) < 4.78 is 5.54. The number of hydrogen-bond acceptors (Lipinski definition) is 4. The third-order valence-corrected chi connectivity index (χ3v) is 5.31. The molecule has 3 N–H and O–H groups in total. The summed E-state index contributed by atoms with van der Waals surface area (Å²) in [4.78, 5) is 26.4. The molecule has 3 aromatic rings. The largest absolute Gasteiger partial charge is 0.495 e. The van der Waals surface area contributed by atoms with Gasteiger partial charge in [0.05, 0.1) is 12.8 Å². The van der Waals surface area contributed by atoms with E-state index in [0.29, 0.717) is 30.1 Å². The van der Waals surface area contributed by atoms with Crippen LogP contribution in [0, 0.1) is 0 Å². The molecule has 0 radical (unpaired) electrons. The zero-order valence-corrected chi connectivity index (χ0v) is 18.9. The molecule has 33 heavy (non-hydrogen) atoms. The predicted molar refractivity (Wildman–Crippen MR) is 128 cm³/mol. The second kappa shape index (κ2) is 11.7. The number of nitrogens with one attached hydrogen (secondary N) is 2. The van der Waals surface area contributed by atoms with Gasteiger partial charge >= 0.3 is 6.03 Å². The van der Waals surface area contributed by atoms with Crippen LogP contribution in [0.25, 0.3) is 11.1 Å². The SMILES string of the molecule is CCCCN(Cc1ccc(C(=O)NO)cc1)C(=O)Nc1ccc(-c2ccccc2)cc1OC. The van der Waals surface area contributed by atoms with Crippen LogP contribution < -0.4 is 15.5 Å². The fourth-order valence-corrected chi connectivity index (χ4v) is 3.45. The van der Waals surface area contributed by atoms with E-state index in [9.17, 15) is 9.59 Å². The maximum atomic E-state index is 13.1. The number of ether oxygens (including phenoxy) is 1. The van der Waals surface area contributed by atoms with Crippen LogP contribution in [0.4, 0.5) is 10.5 Å². The number of unbranched alkanes of at least 4 members (excludes halogenated alkanes) is 1. The number of urea groups is 1. The fourth-order valence-electron chi connectivity index (χ4n) is 3.45. The summed E-state index contributed by atoms with van der Waals surface area (Å²) in [5.74, 6) is 0.00712. The minimum absolute atomic E-state index is 0.230. The van der Waals surface area contributed by atoms with Crippen molar-refractivity contribution in [3.05, 3.63) is 83.9 Å². The Morgan fingerprint density at radius 3 is 2.33 bits per heavy atom. The Bertz CT molecular complexity index is 1070. The molecule has 0 atom stereocenters. The van der Waals surface area contributed by atoms with Crippen molar-refractivity contribution >= 4 is 17.6 Å². The number of hydrogen-bond donors (Lipinski definition) is 3. The molecule has 3 aromatic carbocycles. The van der Waals surface area contributed by atoms with Crippen molar-refractivity contribution in [2.24, 2.45) is 0 Å².